The second kappa shape index (κ2) is 3.83. The van der Waals surface area contributed by atoms with E-state index in [2.05, 4.69) is 17.5 Å². The van der Waals surface area contributed by atoms with Crippen molar-refractivity contribution in [3.63, 3.8) is 0 Å². The molecule has 1 aromatic carbocycles. The van der Waals surface area contributed by atoms with Crippen molar-refractivity contribution in [2.24, 2.45) is 5.41 Å². The zero-order chi connectivity index (χ0) is 13.5. The Hall–Kier alpha value is -2.33. The molecule has 0 radical (unpaired) electrons. The molecule has 0 bridgehead atoms. The largest absolute Gasteiger partial charge is 0.325 e. The van der Waals surface area contributed by atoms with E-state index in [1.54, 1.807) is 12.1 Å². The molecule has 19 heavy (non-hydrogen) atoms. The van der Waals surface area contributed by atoms with E-state index < -0.39 is 5.41 Å². The van der Waals surface area contributed by atoms with Gasteiger partial charge in [0, 0.05) is 5.69 Å². The molecule has 2 aliphatic carbocycles. The number of anilines is 1. The van der Waals surface area contributed by atoms with Crippen molar-refractivity contribution < 1.29 is 4.79 Å². The van der Waals surface area contributed by atoms with Crippen LogP contribution in [0.4, 0.5) is 5.69 Å². The number of hydrogen-bond acceptors (Lipinski definition) is 3. The standard InChI is InChI=1S/C15H13N3O/c16-9-14(5-6-14)11-1-3-12(4-2-11)18-13(19)15(10-17)7-8-15/h1-4H,5-8H2,(H,18,19). The third-order valence-corrected chi connectivity index (χ3v) is 4.06. The lowest BCUT2D eigenvalue weighted by atomic mass is 9.97. The number of carbonyl (C=O) groups excluding carboxylic acids is 1. The number of carbonyl (C=O) groups is 1. The molecule has 3 rings (SSSR count). The first kappa shape index (κ1) is 11.7. The quantitative estimate of drug-likeness (QED) is 0.896. The molecule has 2 aliphatic rings. The number of hydrogen-bond donors (Lipinski definition) is 1. The monoisotopic (exact) mass is 251 g/mol. The Labute approximate surface area is 111 Å². The van der Waals surface area contributed by atoms with Crippen LogP contribution in [0.2, 0.25) is 0 Å². The van der Waals surface area contributed by atoms with Crippen molar-refractivity contribution in [1.29, 1.82) is 10.5 Å². The number of rotatable bonds is 3. The van der Waals surface area contributed by atoms with Gasteiger partial charge in [0.15, 0.2) is 0 Å². The molecule has 0 heterocycles. The summed E-state index contributed by atoms with van der Waals surface area (Å²) in [7, 11) is 0. The summed E-state index contributed by atoms with van der Waals surface area (Å²) in [5.41, 5.74) is 0.592. The lowest BCUT2D eigenvalue weighted by Crippen LogP contribution is -2.22. The van der Waals surface area contributed by atoms with E-state index in [1.807, 2.05) is 12.1 Å². The predicted octanol–water partition coefficient (Wildman–Crippen LogP) is 2.48. The van der Waals surface area contributed by atoms with Gasteiger partial charge in [0.05, 0.1) is 17.6 Å². The van der Waals surface area contributed by atoms with Crippen molar-refractivity contribution in [3.05, 3.63) is 29.8 Å². The van der Waals surface area contributed by atoms with Crippen molar-refractivity contribution >= 4 is 11.6 Å². The highest BCUT2D eigenvalue weighted by Crippen LogP contribution is 2.48. The van der Waals surface area contributed by atoms with Crippen LogP contribution >= 0.6 is 0 Å². The number of nitriles is 2. The summed E-state index contributed by atoms with van der Waals surface area (Å²) in [5, 5.41) is 20.8. The molecule has 2 saturated carbocycles. The maximum Gasteiger partial charge on any atom is 0.244 e. The first-order valence-corrected chi connectivity index (χ1v) is 6.39. The second-order valence-corrected chi connectivity index (χ2v) is 5.42. The van der Waals surface area contributed by atoms with Crippen LogP contribution in [0.3, 0.4) is 0 Å². The molecule has 0 unspecified atom stereocenters. The van der Waals surface area contributed by atoms with Crippen molar-refractivity contribution in [2.45, 2.75) is 31.1 Å². The zero-order valence-corrected chi connectivity index (χ0v) is 10.4. The molecule has 1 N–H and O–H groups in total. The van der Waals surface area contributed by atoms with E-state index in [0.717, 1.165) is 18.4 Å². The number of amides is 1. The predicted molar refractivity (Wildman–Crippen MR) is 68.9 cm³/mol. The Morgan fingerprint density at radius 3 is 2.11 bits per heavy atom. The molecule has 4 nitrogen and oxygen atoms in total. The molecule has 2 fully saturated rings. The molecule has 1 aromatic rings. The molecule has 0 saturated heterocycles. The van der Waals surface area contributed by atoms with Crippen LogP contribution in [0.5, 0.6) is 0 Å². The molecule has 0 spiro atoms. The highest BCUT2D eigenvalue weighted by atomic mass is 16.2. The van der Waals surface area contributed by atoms with Crippen molar-refractivity contribution in [1.82, 2.24) is 0 Å². The van der Waals surface area contributed by atoms with Gasteiger partial charge in [-0.2, -0.15) is 10.5 Å². The van der Waals surface area contributed by atoms with Gasteiger partial charge in [-0.3, -0.25) is 4.79 Å². The summed E-state index contributed by atoms with van der Waals surface area (Å²) in [6, 6.07) is 11.8. The molecule has 1 amide bonds. The van der Waals surface area contributed by atoms with Crippen LogP contribution in [0.25, 0.3) is 0 Å². The Morgan fingerprint density at radius 1 is 1.05 bits per heavy atom. The lowest BCUT2D eigenvalue weighted by Gasteiger charge is -2.10. The molecule has 0 atom stereocenters. The van der Waals surface area contributed by atoms with Gasteiger partial charge in [-0.1, -0.05) is 12.1 Å². The molecular weight excluding hydrogens is 238 g/mol. The fourth-order valence-corrected chi connectivity index (χ4v) is 2.23. The maximum atomic E-state index is 11.9. The highest BCUT2D eigenvalue weighted by molar-refractivity contribution is 5.99. The van der Waals surface area contributed by atoms with Crippen LogP contribution in [-0.4, -0.2) is 5.91 Å². The Balaban J connectivity index is 1.73. The van der Waals surface area contributed by atoms with Crippen LogP contribution in [0, 0.1) is 28.1 Å². The summed E-state index contributed by atoms with van der Waals surface area (Å²) in [5.74, 6) is -0.218. The van der Waals surface area contributed by atoms with Crippen molar-refractivity contribution in [3.8, 4) is 12.1 Å². The third-order valence-electron chi connectivity index (χ3n) is 4.06. The summed E-state index contributed by atoms with van der Waals surface area (Å²) in [6.07, 6.45) is 3.11. The van der Waals surface area contributed by atoms with Gasteiger partial charge in [-0.05, 0) is 43.4 Å². The fourth-order valence-electron chi connectivity index (χ4n) is 2.23. The van der Waals surface area contributed by atoms with Crippen molar-refractivity contribution in [2.75, 3.05) is 5.32 Å². The van der Waals surface area contributed by atoms with Gasteiger partial charge < -0.3 is 5.32 Å². The minimum atomic E-state index is -0.803. The smallest absolute Gasteiger partial charge is 0.244 e. The normalized spacial score (nSPS) is 20.7. The zero-order valence-electron chi connectivity index (χ0n) is 10.4. The average Bonchev–Trinajstić information content (AvgIpc) is 3.33. The van der Waals surface area contributed by atoms with Crippen LogP contribution in [-0.2, 0) is 10.2 Å². The second-order valence-electron chi connectivity index (χ2n) is 5.42. The van der Waals surface area contributed by atoms with Crippen LogP contribution in [0.1, 0.15) is 31.2 Å². The van der Waals surface area contributed by atoms with Gasteiger partial charge >= 0.3 is 0 Å². The number of benzene rings is 1. The SMILES string of the molecule is N#CC1(C(=O)Nc2ccc(C3(C#N)CC3)cc2)CC1. The van der Waals surface area contributed by atoms with E-state index in [0.29, 0.717) is 18.5 Å². The summed E-state index contributed by atoms with van der Waals surface area (Å²) >= 11 is 0. The average molecular weight is 251 g/mol. The molecular formula is C15H13N3O. The van der Waals surface area contributed by atoms with Gasteiger partial charge in [0.2, 0.25) is 5.91 Å². The minimum Gasteiger partial charge on any atom is -0.325 e. The summed E-state index contributed by atoms with van der Waals surface area (Å²) in [4.78, 5) is 11.9. The molecule has 94 valence electrons. The van der Waals surface area contributed by atoms with E-state index in [-0.39, 0.29) is 11.3 Å². The van der Waals surface area contributed by atoms with Gasteiger partial charge in [-0.25, -0.2) is 0 Å². The van der Waals surface area contributed by atoms with Gasteiger partial charge in [0.1, 0.15) is 5.41 Å². The molecule has 0 aliphatic heterocycles. The van der Waals surface area contributed by atoms with Crippen LogP contribution < -0.4 is 5.32 Å². The fraction of sp³-hybridized carbons (Fsp3) is 0.400. The topological polar surface area (TPSA) is 76.7 Å². The first-order chi connectivity index (χ1) is 9.14. The lowest BCUT2D eigenvalue weighted by molar-refractivity contribution is -0.119. The summed E-state index contributed by atoms with van der Waals surface area (Å²) in [6.45, 7) is 0. The molecule has 0 aromatic heterocycles. The van der Waals surface area contributed by atoms with E-state index >= 15 is 0 Å². The molecule has 4 heteroatoms. The minimum absolute atomic E-state index is 0.218. The Bertz CT molecular complexity index is 610. The van der Waals surface area contributed by atoms with Gasteiger partial charge in [0.25, 0.3) is 0 Å². The maximum absolute atomic E-state index is 11.9. The van der Waals surface area contributed by atoms with Crippen LogP contribution in [0.15, 0.2) is 24.3 Å². The Kier molecular flexibility index (Phi) is 2.37. The number of nitrogens with zero attached hydrogens (tertiary/aromatic N) is 2. The van der Waals surface area contributed by atoms with E-state index in [4.69, 9.17) is 10.5 Å². The third kappa shape index (κ3) is 1.86. The Morgan fingerprint density at radius 2 is 1.68 bits per heavy atom. The summed E-state index contributed by atoms with van der Waals surface area (Å²) < 4.78 is 0. The van der Waals surface area contributed by atoms with Gasteiger partial charge in [-0.15, -0.1) is 0 Å². The van der Waals surface area contributed by atoms with E-state index in [1.165, 1.54) is 0 Å². The first-order valence-electron chi connectivity index (χ1n) is 6.39. The highest BCUT2D eigenvalue weighted by Gasteiger charge is 2.50. The van der Waals surface area contributed by atoms with E-state index in [9.17, 15) is 4.79 Å². The number of nitrogens with one attached hydrogen (secondary N) is 1.